The van der Waals surface area contributed by atoms with E-state index in [1.165, 1.54) is 13.0 Å². The van der Waals surface area contributed by atoms with Crippen molar-refractivity contribution in [2.75, 3.05) is 0 Å². The number of allylic oxidation sites excluding steroid dienone is 3. The van der Waals surface area contributed by atoms with Crippen molar-refractivity contribution in [2.45, 2.75) is 13.8 Å². The summed E-state index contributed by atoms with van der Waals surface area (Å²) in [5.74, 6) is -1.43. The average Bonchev–Trinajstić information content (AvgIpc) is 2.54. The highest BCUT2D eigenvalue weighted by molar-refractivity contribution is 6.42. The molecule has 98 valence electrons. The van der Waals surface area contributed by atoms with Gasteiger partial charge in [0.05, 0.1) is 15.6 Å². The molecule has 0 unspecified atom stereocenters. The van der Waals surface area contributed by atoms with E-state index in [9.17, 15) is 14.7 Å². The molecule has 1 aromatic carbocycles. The number of carbonyl (C=O) groups excluding carboxylic acids is 2. The second-order valence-corrected chi connectivity index (χ2v) is 5.05. The number of carbonyl (C=O) groups is 2. The van der Waals surface area contributed by atoms with Crippen molar-refractivity contribution in [3.8, 4) is 0 Å². The number of aliphatic hydroxyl groups excluding tert-OH is 1. The molecule has 1 aromatic rings. The first-order valence-corrected chi connectivity index (χ1v) is 6.25. The third-order valence-corrected chi connectivity index (χ3v) is 3.73. The molecule has 0 fully saturated rings. The Morgan fingerprint density at radius 3 is 2.32 bits per heavy atom. The maximum Gasteiger partial charge on any atom is 0.228 e. The van der Waals surface area contributed by atoms with Gasteiger partial charge in [-0.25, -0.2) is 0 Å². The summed E-state index contributed by atoms with van der Waals surface area (Å²) in [4.78, 5) is 23.5. The molecule has 19 heavy (non-hydrogen) atoms. The minimum Gasteiger partial charge on any atom is -0.504 e. The van der Waals surface area contributed by atoms with E-state index in [0.717, 1.165) is 0 Å². The Balaban J connectivity index is 2.61. The highest BCUT2D eigenvalue weighted by atomic mass is 35.5. The second-order valence-electron chi connectivity index (χ2n) is 4.24. The molecule has 5 heteroatoms. The fraction of sp³-hybridized carbons (Fsp3) is 0.143. The Labute approximate surface area is 120 Å². The van der Waals surface area contributed by atoms with Crippen LogP contribution in [0.1, 0.15) is 19.4 Å². The Morgan fingerprint density at radius 2 is 1.84 bits per heavy atom. The van der Waals surface area contributed by atoms with E-state index in [1.807, 2.05) is 0 Å². The molecule has 0 heterocycles. The van der Waals surface area contributed by atoms with Gasteiger partial charge in [0.25, 0.3) is 0 Å². The molecular weight excluding hydrogens is 287 g/mol. The van der Waals surface area contributed by atoms with E-state index < -0.39 is 11.5 Å². The summed E-state index contributed by atoms with van der Waals surface area (Å²) in [6.07, 6.45) is 0. The standard InChI is InChI=1S/C14H10Cl2O3/c1-6-11(7(2)17)13(18)14(19)12(6)8-3-4-9(15)10(16)5-8/h3-5H,1-2H3,(H,18,19). The van der Waals surface area contributed by atoms with Crippen LogP contribution in [0.15, 0.2) is 35.1 Å². The number of aliphatic hydroxyl groups is 1. The lowest BCUT2D eigenvalue weighted by molar-refractivity contribution is -0.115. The summed E-state index contributed by atoms with van der Waals surface area (Å²) in [6, 6.07) is 4.73. The third kappa shape index (κ3) is 2.20. The molecule has 1 aliphatic rings. The molecule has 0 aromatic heterocycles. The van der Waals surface area contributed by atoms with Crippen LogP contribution in [0.5, 0.6) is 0 Å². The van der Waals surface area contributed by atoms with Gasteiger partial charge in [-0.1, -0.05) is 29.3 Å². The zero-order chi connectivity index (χ0) is 14.3. The maximum absolute atomic E-state index is 12.0. The zero-order valence-electron chi connectivity index (χ0n) is 10.3. The van der Waals surface area contributed by atoms with E-state index in [-0.39, 0.29) is 16.9 Å². The normalized spacial score (nSPS) is 15.5. The summed E-state index contributed by atoms with van der Waals surface area (Å²) in [6.45, 7) is 2.93. The minimum atomic E-state index is -0.568. The van der Waals surface area contributed by atoms with E-state index in [0.29, 0.717) is 21.2 Å². The Kier molecular flexibility index (Phi) is 3.52. The fourth-order valence-electron chi connectivity index (χ4n) is 2.13. The average molecular weight is 297 g/mol. The van der Waals surface area contributed by atoms with Gasteiger partial charge in [-0.05, 0) is 37.1 Å². The number of rotatable bonds is 2. The molecule has 0 atom stereocenters. The first-order chi connectivity index (χ1) is 8.84. The van der Waals surface area contributed by atoms with Gasteiger partial charge < -0.3 is 5.11 Å². The van der Waals surface area contributed by atoms with E-state index in [4.69, 9.17) is 23.2 Å². The van der Waals surface area contributed by atoms with E-state index in [1.54, 1.807) is 19.1 Å². The summed E-state index contributed by atoms with van der Waals surface area (Å²) in [7, 11) is 0. The van der Waals surface area contributed by atoms with Crippen LogP contribution in [0, 0.1) is 0 Å². The summed E-state index contributed by atoms with van der Waals surface area (Å²) >= 11 is 11.7. The van der Waals surface area contributed by atoms with Crippen LogP contribution >= 0.6 is 23.2 Å². The topological polar surface area (TPSA) is 54.4 Å². The SMILES string of the molecule is CC(=O)C1=C(O)C(=O)C(c2ccc(Cl)c(Cl)c2)=C1C. The van der Waals surface area contributed by atoms with Crippen molar-refractivity contribution < 1.29 is 14.7 Å². The van der Waals surface area contributed by atoms with E-state index in [2.05, 4.69) is 0 Å². The number of benzene rings is 1. The number of halogens is 2. The molecule has 1 N–H and O–H groups in total. The number of ketones is 2. The van der Waals surface area contributed by atoms with Crippen molar-refractivity contribution in [1.29, 1.82) is 0 Å². The first-order valence-electron chi connectivity index (χ1n) is 5.50. The Morgan fingerprint density at radius 1 is 1.21 bits per heavy atom. The van der Waals surface area contributed by atoms with Crippen molar-refractivity contribution in [2.24, 2.45) is 0 Å². The third-order valence-electron chi connectivity index (χ3n) is 2.99. The smallest absolute Gasteiger partial charge is 0.228 e. The number of hydrogen-bond donors (Lipinski definition) is 1. The monoisotopic (exact) mass is 296 g/mol. The zero-order valence-corrected chi connectivity index (χ0v) is 11.8. The summed E-state index contributed by atoms with van der Waals surface area (Å²) in [5.41, 5.74) is 1.32. The van der Waals surface area contributed by atoms with Gasteiger partial charge >= 0.3 is 0 Å². The number of Topliss-reactive ketones (excluding diaryl/α,β-unsaturated/α-hetero) is 2. The van der Waals surface area contributed by atoms with Crippen LogP contribution in [0.2, 0.25) is 10.0 Å². The molecule has 1 aliphatic carbocycles. The lowest BCUT2D eigenvalue weighted by Gasteiger charge is -2.05. The molecular formula is C14H10Cl2O3. The van der Waals surface area contributed by atoms with Crippen molar-refractivity contribution in [3.63, 3.8) is 0 Å². The molecule has 3 nitrogen and oxygen atoms in total. The van der Waals surface area contributed by atoms with Crippen molar-refractivity contribution in [1.82, 2.24) is 0 Å². The lowest BCUT2D eigenvalue weighted by Crippen LogP contribution is -2.03. The van der Waals surface area contributed by atoms with Crippen LogP contribution < -0.4 is 0 Å². The Bertz CT molecular complexity index is 669. The lowest BCUT2D eigenvalue weighted by atomic mass is 9.99. The Hall–Kier alpha value is -1.58. The summed E-state index contributed by atoms with van der Waals surface area (Å²) in [5, 5.41) is 10.4. The molecule has 0 saturated heterocycles. The van der Waals surface area contributed by atoms with Crippen molar-refractivity contribution >= 4 is 40.3 Å². The van der Waals surface area contributed by atoms with Crippen LogP contribution in [-0.4, -0.2) is 16.7 Å². The van der Waals surface area contributed by atoms with Crippen LogP contribution in [0.4, 0.5) is 0 Å². The van der Waals surface area contributed by atoms with Gasteiger partial charge in [-0.15, -0.1) is 0 Å². The van der Waals surface area contributed by atoms with Crippen LogP contribution in [0.25, 0.3) is 5.57 Å². The highest BCUT2D eigenvalue weighted by Gasteiger charge is 2.33. The molecule has 0 saturated carbocycles. The highest BCUT2D eigenvalue weighted by Crippen LogP contribution is 2.36. The molecule has 0 bridgehead atoms. The van der Waals surface area contributed by atoms with Crippen LogP contribution in [0.3, 0.4) is 0 Å². The van der Waals surface area contributed by atoms with Gasteiger partial charge in [0.15, 0.2) is 11.5 Å². The number of hydrogen-bond acceptors (Lipinski definition) is 3. The molecule has 0 radical (unpaired) electrons. The summed E-state index contributed by atoms with van der Waals surface area (Å²) < 4.78 is 0. The van der Waals surface area contributed by atoms with Gasteiger partial charge in [0.2, 0.25) is 5.78 Å². The minimum absolute atomic E-state index is 0.0612. The maximum atomic E-state index is 12.0. The molecule has 0 aliphatic heterocycles. The predicted molar refractivity (Wildman–Crippen MR) is 74.4 cm³/mol. The van der Waals surface area contributed by atoms with Crippen molar-refractivity contribution in [3.05, 3.63) is 50.7 Å². The molecule has 0 spiro atoms. The first kappa shape index (κ1) is 13.8. The quantitative estimate of drug-likeness (QED) is 0.904. The molecule has 2 rings (SSSR count). The van der Waals surface area contributed by atoms with Crippen LogP contribution in [-0.2, 0) is 9.59 Å². The van der Waals surface area contributed by atoms with Gasteiger partial charge in [-0.2, -0.15) is 0 Å². The van der Waals surface area contributed by atoms with Gasteiger partial charge in [0, 0.05) is 5.57 Å². The molecule has 0 amide bonds. The fourth-order valence-corrected chi connectivity index (χ4v) is 2.43. The predicted octanol–water partition coefficient (Wildman–Crippen LogP) is 3.75. The van der Waals surface area contributed by atoms with E-state index >= 15 is 0 Å². The largest absolute Gasteiger partial charge is 0.504 e. The van der Waals surface area contributed by atoms with Gasteiger partial charge in [-0.3, -0.25) is 9.59 Å². The second kappa shape index (κ2) is 4.83. The van der Waals surface area contributed by atoms with Gasteiger partial charge in [0.1, 0.15) is 0 Å².